The number of esters is 1. The Hall–Kier alpha value is -1.35. The number of ether oxygens (including phenoxy) is 1. The molecular weight excluding hydrogens is 240 g/mol. The molecule has 19 heavy (non-hydrogen) atoms. The van der Waals surface area contributed by atoms with Crippen LogP contribution in [0.5, 0.6) is 0 Å². The van der Waals surface area contributed by atoms with Crippen LogP contribution in [0.4, 0.5) is 0 Å². The van der Waals surface area contributed by atoms with Gasteiger partial charge in [0.15, 0.2) is 0 Å². The van der Waals surface area contributed by atoms with Crippen molar-refractivity contribution in [1.82, 2.24) is 0 Å². The molecule has 1 rings (SSSR count). The van der Waals surface area contributed by atoms with Gasteiger partial charge in [-0.1, -0.05) is 37.3 Å². The predicted octanol–water partition coefficient (Wildman–Crippen LogP) is 3.13. The fourth-order valence-corrected chi connectivity index (χ4v) is 1.92. The number of aliphatic hydroxyl groups is 1. The van der Waals surface area contributed by atoms with Gasteiger partial charge < -0.3 is 9.84 Å². The van der Waals surface area contributed by atoms with E-state index in [0.29, 0.717) is 0 Å². The normalized spacial score (nSPS) is 16.5. The van der Waals surface area contributed by atoms with Crippen molar-refractivity contribution >= 4 is 5.97 Å². The van der Waals surface area contributed by atoms with E-state index in [-0.39, 0.29) is 11.9 Å². The summed E-state index contributed by atoms with van der Waals surface area (Å²) in [7, 11) is 0. The summed E-state index contributed by atoms with van der Waals surface area (Å²) in [6, 6.07) is 9.69. The van der Waals surface area contributed by atoms with Crippen molar-refractivity contribution in [2.24, 2.45) is 5.92 Å². The SMILES string of the molecule is CC(C(=O)OC(C)(C)C)C(O)C(C)c1ccccc1. The van der Waals surface area contributed by atoms with E-state index < -0.39 is 17.6 Å². The summed E-state index contributed by atoms with van der Waals surface area (Å²) < 4.78 is 5.31. The lowest BCUT2D eigenvalue weighted by atomic mass is 9.88. The Labute approximate surface area is 115 Å². The highest BCUT2D eigenvalue weighted by Gasteiger charge is 2.31. The van der Waals surface area contributed by atoms with Gasteiger partial charge >= 0.3 is 5.97 Å². The average Bonchev–Trinajstić information content (AvgIpc) is 2.35. The van der Waals surface area contributed by atoms with Crippen LogP contribution in [0.25, 0.3) is 0 Å². The molecule has 0 aliphatic carbocycles. The third-order valence-corrected chi connectivity index (χ3v) is 3.13. The summed E-state index contributed by atoms with van der Waals surface area (Å²) in [5, 5.41) is 10.3. The summed E-state index contributed by atoms with van der Waals surface area (Å²) in [4.78, 5) is 12.0. The second-order valence-electron chi connectivity index (χ2n) is 6.01. The third-order valence-electron chi connectivity index (χ3n) is 3.13. The standard InChI is InChI=1S/C16H24O3/c1-11(13-9-7-6-8-10-13)14(17)12(2)15(18)19-16(3,4)5/h6-12,14,17H,1-5H3. The molecule has 0 spiro atoms. The van der Waals surface area contributed by atoms with Crippen LogP contribution >= 0.6 is 0 Å². The predicted molar refractivity (Wildman–Crippen MR) is 75.9 cm³/mol. The Morgan fingerprint density at radius 3 is 2.16 bits per heavy atom. The number of carbonyl (C=O) groups is 1. The molecule has 0 saturated carbocycles. The lowest BCUT2D eigenvalue weighted by Gasteiger charge is -2.27. The summed E-state index contributed by atoms with van der Waals surface area (Å²) in [5.74, 6) is -1.01. The van der Waals surface area contributed by atoms with Crippen LogP contribution in [-0.4, -0.2) is 22.8 Å². The molecule has 0 radical (unpaired) electrons. The molecule has 0 saturated heterocycles. The first-order valence-corrected chi connectivity index (χ1v) is 6.68. The van der Waals surface area contributed by atoms with Crippen molar-refractivity contribution in [1.29, 1.82) is 0 Å². The fraction of sp³-hybridized carbons (Fsp3) is 0.562. The smallest absolute Gasteiger partial charge is 0.311 e. The first-order valence-electron chi connectivity index (χ1n) is 6.68. The Morgan fingerprint density at radius 2 is 1.68 bits per heavy atom. The molecule has 1 aromatic carbocycles. The Morgan fingerprint density at radius 1 is 1.16 bits per heavy atom. The molecule has 3 nitrogen and oxygen atoms in total. The van der Waals surface area contributed by atoms with Crippen LogP contribution < -0.4 is 0 Å². The van der Waals surface area contributed by atoms with E-state index in [2.05, 4.69) is 0 Å². The molecular formula is C16H24O3. The number of hydrogen-bond acceptors (Lipinski definition) is 3. The van der Waals surface area contributed by atoms with Crippen LogP contribution in [0.3, 0.4) is 0 Å². The quantitative estimate of drug-likeness (QED) is 0.850. The van der Waals surface area contributed by atoms with Gasteiger partial charge in [-0.25, -0.2) is 0 Å². The minimum Gasteiger partial charge on any atom is -0.460 e. The first kappa shape index (κ1) is 15.7. The summed E-state index contributed by atoms with van der Waals surface area (Å²) in [5.41, 5.74) is 0.492. The van der Waals surface area contributed by atoms with Gasteiger partial charge in [0.1, 0.15) is 5.60 Å². The molecule has 0 aromatic heterocycles. The monoisotopic (exact) mass is 264 g/mol. The average molecular weight is 264 g/mol. The fourth-order valence-electron chi connectivity index (χ4n) is 1.92. The van der Waals surface area contributed by atoms with Crippen LogP contribution in [0.2, 0.25) is 0 Å². The van der Waals surface area contributed by atoms with Crippen LogP contribution in [0, 0.1) is 5.92 Å². The number of rotatable bonds is 4. The molecule has 1 N–H and O–H groups in total. The first-order chi connectivity index (χ1) is 8.72. The van der Waals surface area contributed by atoms with Crippen LogP contribution in [-0.2, 0) is 9.53 Å². The number of aliphatic hydroxyl groups excluding tert-OH is 1. The Kier molecular flexibility index (Phi) is 5.12. The molecule has 106 valence electrons. The maximum atomic E-state index is 12.0. The second-order valence-corrected chi connectivity index (χ2v) is 6.01. The Balaban J connectivity index is 2.72. The number of hydrogen-bond donors (Lipinski definition) is 1. The van der Waals surface area contributed by atoms with Gasteiger partial charge in [0.2, 0.25) is 0 Å². The van der Waals surface area contributed by atoms with E-state index in [0.717, 1.165) is 5.56 Å². The lowest BCUT2D eigenvalue weighted by Crippen LogP contribution is -2.35. The van der Waals surface area contributed by atoms with Crippen LogP contribution in [0.15, 0.2) is 30.3 Å². The van der Waals surface area contributed by atoms with Gasteiger partial charge in [-0.15, -0.1) is 0 Å². The topological polar surface area (TPSA) is 46.5 Å². The molecule has 0 amide bonds. The maximum Gasteiger partial charge on any atom is 0.311 e. The summed E-state index contributed by atoms with van der Waals surface area (Å²) >= 11 is 0. The van der Waals surface area contributed by atoms with E-state index in [1.165, 1.54) is 0 Å². The molecule has 1 aromatic rings. The van der Waals surface area contributed by atoms with Gasteiger partial charge in [0, 0.05) is 5.92 Å². The zero-order valence-corrected chi connectivity index (χ0v) is 12.4. The number of carbonyl (C=O) groups excluding carboxylic acids is 1. The molecule has 0 heterocycles. The minimum atomic E-state index is -0.753. The number of benzene rings is 1. The van der Waals surface area contributed by atoms with E-state index >= 15 is 0 Å². The highest BCUT2D eigenvalue weighted by Crippen LogP contribution is 2.25. The van der Waals surface area contributed by atoms with Gasteiger partial charge in [-0.2, -0.15) is 0 Å². The van der Waals surface area contributed by atoms with Crippen LogP contribution in [0.1, 0.15) is 46.1 Å². The highest BCUT2D eigenvalue weighted by atomic mass is 16.6. The lowest BCUT2D eigenvalue weighted by molar-refractivity contribution is -0.163. The molecule has 3 heteroatoms. The minimum absolute atomic E-state index is 0.108. The van der Waals surface area contributed by atoms with E-state index in [1.54, 1.807) is 6.92 Å². The van der Waals surface area contributed by atoms with Gasteiger partial charge in [-0.3, -0.25) is 4.79 Å². The molecule has 3 atom stereocenters. The van der Waals surface area contributed by atoms with E-state index in [1.807, 2.05) is 58.0 Å². The molecule has 3 unspecified atom stereocenters. The van der Waals surface area contributed by atoms with Crippen molar-refractivity contribution in [3.05, 3.63) is 35.9 Å². The van der Waals surface area contributed by atoms with Crippen molar-refractivity contribution in [2.75, 3.05) is 0 Å². The van der Waals surface area contributed by atoms with Gasteiger partial charge in [-0.05, 0) is 33.3 Å². The van der Waals surface area contributed by atoms with Gasteiger partial charge in [0.25, 0.3) is 0 Å². The van der Waals surface area contributed by atoms with Crippen molar-refractivity contribution in [3.8, 4) is 0 Å². The molecule has 0 bridgehead atoms. The largest absolute Gasteiger partial charge is 0.460 e. The van der Waals surface area contributed by atoms with Crippen molar-refractivity contribution in [3.63, 3.8) is 0 Å². The van der Waals surface area contributed by atoms with Crippen molar-refractivity contribution in [2.45, 2.75) is 52.2 Å². The molecule has 0 aliphatic rings. The van der Waals surface area contributed by atoms with E-state index in [4.69, 9.17) is 4.74 Å². The summed E-state index contributed by atoms with van der Waals surface area (Å²) in [6.45, 7) is 9.10. The molecule has 0 fully saturated rings. The zero-order chi connectivity index (χ0) is 14.6. The third kappa shape index (κ3) is 4.67. The van der Waals surface area contributed by atoms with Gasteiger partial charge in [0.05, 0.1) is 12.0 Å². The zero-order valence-electron chi connectivity index (χ0n) is 12.4. The second kappa shape index (κ2) is 6.20. The Bertz CT molecular complexity index is 406. The van der Waals surface area contributed by atoms with Crippen molar-refractivity contribution < 1.29 is 14.6 Å². The summed E-state index contributed by atoms with van der Waals surface area (Å²) in [6.07, 6.45) is -0.753. The van der Waals surface area contributed by atoms with E-state index in [9.17, 15) is 9.90 Å². The molecule has 0 aliphatic heterocycles. The highest BCUT2D eigenvalue weighted by molar-refractivity contribution is 5.73. The maximum absolute atomic E-state index is 12.0.